The van der Waals surface area contributed by atoms with Crippen LogP contribution in [0.15, 0.2) is 59.1 Å². The lowest BCUT2D eigenvalue weighted by Crippen LogP contribution is -2.13. The van der Waals surface area contributed by atoms with Crippen LogP contribution in [-0.2, 0) is 6.18 Å². The van der Waals surface area contributed by atoms with Crippen LogP contribution < -0.4 is 10.5 Å². The number of benzene rings is 2. The Kier molecular flexibility index (Phi) is 4.96. The Morgan fingerprint density at radius 2 is 1.76 bits per heavy atom. The molecule has 0 spiro atoms. The van der Waals surface area contributed by atoms with Crippen LogP contribution in [0.4, 0.5) is 18.9 Å². The molecular formula is C23H17F3N6O2. The Hall–Kier alpha value is -4.41. The molecule has 0 aliphatic heterocycles. The molecule has 3 heterocycles. The summed E-state index contributed by atoms with van der Waals surface area (Å²) in [5.41, 5.74) is 7.59. The highest BCUT2D eigenvalue weighted by atomic mass is 19.4. The van der Waals surface area contributed by atoms with Gasteiger partial charge in [0.25, 0.3) is 5.89 Å². The number of aromatic nitrogens is 5. The predicted octanol–water partition coefficient (Wildman–Crippen LogP) is 5.03. The third-order valence-corrected chi connectivity index (χ3v) is 5.37. The van der Waals surface area contributed by atoms with Crippen LogP contribution in [-0.4, -0.2) is 31.8 Å². The summed E-state index contributed by atoms with van der Waals surface area (Å²) in [6.07, 6.45) is -4.68. The summed E-state index contributed by atoms with van der Waals surface area (Å²) in [6, 6.07) is 14.1. The molecule has 0 aliphatic carbocycles. The molecule has 5 aromatic rings. The largest absolute Gasteiger partial charge is 0.497 e. The lowest BCUT2D eigenvalue weighted by molar-refractivity contribution is -0.142. The molecule has 0 amide bonds. The standard InChI is InChI=1S/C23H17F3N6O2/c1-12-15(4-3-5-16(12)27)21-29-22(34-31-21)18-11-20-28-17(13-6-8-14(33-2)9-7-13)10-19(23(24,25)26)32(20)30-18/h3-11H,27H2,1-2H3. The van der Waals surface area contributed by atoms with Gasteiger partial charge in [0.15, 0.2) is 17.0 Å². The Morgan fingerprint density at radius 3 is 2.47 bits per heavy atom. The fourth-order valence-corrected chi connectivity index (χ4v) is 3.52. The second-order valence-corrected chi connectivity index (χ2v) is 7.50. The third kappa shape index (κ3) is 3.70. The molecule has 2 N–H and O–H groups in total. The fraction of sp³-hybridized carbons (Fsp3) is 0.130. The summed E-state index contributed by atoms with van der Waals surface area (Å²) in [6.45, 7) is 1.81. The van der Waals surface area contributed by atoms with E-state index in [4.69, 9.17) is 15.0 Å². The first-order valence-electron chi connectivity index (χ1n) is 10.1. The van der Waals surface area contributed by atoms with Gasteiger partial charge in [0.2, 0.25) is 5.82 Å². The Labute approximate surface area is 190 Å². The van der Waals surface area contributed by atoms with Gasteiger partial charge in [-0.3, -0.25) is 0 Å². The van der Waals surface area contributed by atoms with E-state index in [2.05, 4.69) is 20.2 Å². The van der Waals surface area contributed by atoms with E-state index in [1.807, 2.05) is 6.92 Å². The van der Waals surface area contributed by atoms with Crippen LogP contribution >= 0.6 is 0 Å². The van der Waals surface area contributed by atoms with Crippen molar-refractivity contribution in [1.82, 2.24) is 24.7 Å². The van der Waals surface area contributed by atoms with E-state index in [1.165, 1.54) is 13.2 Å². The van der Waals surface area contributed by atoms with Crippen LogP contribution in [0.3, 0.4) is 0 Å². The van der Waals surface area contributed by atoms with Gasteiger partial charge in [0.05, 0.1) is 12.8 Å². The highest BCUT2D eigenvalue weighted by molar-refractivity contribution is 5.69. The Balaban J connectivity index is 1.61. The molecule has 0 saturated carbocycles. The van der Waals surface area contributed by atoms with E-state index in [1.54, 1.807) is 42.5 Å². The predicted molar refractivity (Wildman–Crippen MR) is 118 cm³/mol. The number of hydrogen-bond acceptors (Lipinski definition) is 7. The van der Waals surface area contributed by atoms with E-state index < -0.39 is 11.9 Å². The molecule has 0 aliphatic rings. The second-order valence-electron chi connectivity index (χ2n) is 7.50. The molecular weight excluding hydrogens is 449 g/mol. The molecule has 172 valence electrons. The first-order valence-corrected chi connectivity index (χ1v) is 10.1. The summed E-state index contributed by atoms with van der Waals surface area (Å²) in [5.74, 6) is 0.788. The number of nitrogen functional groups attached to an aromatic ring is 1. The van der Waals surface area contributed by atoms with Gasteiger partial charge in [0.1, 0.15) is 5.75 Å². The molecule has 0 saturated heterocycles. The van der Waals surface area contributed by atoms with Gasteiger partial charge in [-0.25, -0.2) is 9.50 Å². The van der Waals surface area contributed by atoms with E-state index in [0.717, 1.165) is 16.1 Å². The van der Waals surface area contributed by atoms with Crippen molar-refractivity contribution in [3.05, 3.63) is 65.9 Å². The van der Waals surface area contributed by atoms with E-state index in [-0.39, 0.29) is 28.8 Å². The number of ether oxygens (including phenoxy) is 1. The van der Waals surface area contributed by atoms with Crippen molar-refractivity contribution >= 4 is 11.3 Å². The smallest absolute Gasteiger partial charge is 0.433 e. The van der Waals surface area contributed by atoms with Crippen molar-refractivity contribution in [2.24, 2.45) is 0 Å². The maximum Gasteiger partial charge on any atom is 0.433 e. The van der Waals surface area contributed by atoms with Crippen molar-refractivity contribution < 1.29 is 22.4 Å². The lowest BCUT2D eigenvalue weighted by atomic mass is 10.1. The van der Waals surface area contributed by atoms with Gasteiger partial charge in [-0.05, 0) is 48.9 Å². The first-order chi connectivity index (χ1) is 16.2. The summed E-state index contributed by atoms with van der Waals surface area (Å²) in [7, 11) is 1.51. The molecule has 11 heteroatoms. The third-order valence-electron chi connectivity index (χ3n) is 5.37. The summed E-state index contributed by atoms with van der Waals surface area (Å²) in [5, 5.41) is 7.99. The van der Waals surface area contributed by atoms with Crippen LogP contribution in [0, 0.1) is 6.92 Å². The minimum absolute atomic E-state index is 0.0180. The minimum atomic E-state index is -4.68. The number of nitrogens with zero attached hydrogens (tertiary/aromatic N) is 5. The van der Waals surface area contributed by atoms with E-state index in [9.17, 15) is 13.2 Å². The van der Waals surface area contributed by atoms with Crippen molar-refractivity contribution in [2.75, 3.05) is 12.8 Å². The van der Waals surface area contributed by atoms with Gasteiger partial charge in [-0.1, -0.05) is 17.3 Å². The SMILES string of the molecule is COc1ccc(-c2cc(C(F)(F)F)n3nc(-c4nc(-c5cccc(N)c5C)no4)cc3n2)cc1. The van der Waals surface area contributed by atoms with Gasteiger partial charge < -0.3 is 15.0 Å². The minimum Gasteiger partial charge on any atom is -0.497 e. The number of rotatable bonds is 4. The van der Waals surface area contributed by atoms with Crippen LogP contribution in [0.2, 0.25) is 0 Å². The Morgan fingerprint density at radius 1 is 1.00 bits per heavy atom. The number of nitrogens with two attached hydrogens (primary N) is 1. The lowest BCUT2D eigenvalue weighted by Gasteiger charge is -2.11. The van der Waals surface area contributed by atoms with Gasteiger partial charge in [-0.15, -0.1) is 0 Å². The zero-order valence-corrected chi connectivity index (χ0v) is 18.0. The van der Waals surface area contributed by atoms with Crippen molar-refractivity contribution in [2.45, 2.75) is 13.1 Å². The molecule has 0 fully saturated rings. The van der Waals surface area contributed by atoms with Crippen molar-refractivity contribution in [3.8, 4) is 40.0 Å². The molecule has 0 bridgehead atoms. The summed E-state index contributed by atoms with van der Waals surface area (Å²) in [4.78, 5) is 8.67. The van der Waals surface area contributed by atoms with Crippen molar-refractivity contribution in [3.63, 3.8) is 0 Å². The number of hydrogen-bond donors (Lipinski definition) is 1. The summed E-state index contributed by atoms with van der Waals surface area (Å²) >= 11 is 0. The molecule has 2 aromatic carbocycles. The molecule has 3 aromatic heterocycles. The molecule has 5 rings (SSSR count). The number of fused-ring (bicyclic) bond motifs is 1. The maximum atomic E-state index is 13.9. The maximum absolute atomic E-state index is 13.9. The normalized spacial score (nSPS) is 11.8. The van der Waals surface area contributed by atoms with Gasteiger partial charge in [0, 0.05) is 22.9 Å². The second kappa shape index (κ2) is 7.87. The molecule has 0 radical (unpaired) electrons. The van der Waals surface area contributed by atoms with Gasteiger partial charge >= 0.3 is 6.18 Å². The van der Waals surface area contributed by atoms with Crippen molar-refractivity contribution in [1.29, 1.82) is 0 Å². The molecule has 0 atom stereocenters. The number of halogens is 3. The average Bonchev–Trinajstić information content (AvgIpc) is 3.47. The molecule has 8 nitrogen and oxygen atoms in total. The first kappa shape index (κ1) is 21.4. The quantitative estimate of drug-likeness (QED) is 0.370. The number of methoxy groups -OCH3 is 1. The highest BCUT2D eigenvalue weighted by Crippen LogP contribution is 2.34. The van der Waals surface area contributed by atoms with Crippen LogP contribution in [0.5, 0.6) is 5.75 Å². The zero-order valence-electron chi connectivity index (χ0n) is 18.0. The zero-order chi connectivity index (χ0) is 24.0. The fourth-order valence-electron chi connectivity index (χ4n) is 3.52. The van der Waals surface area contributed by atoms with Gasteiger partial charge in [-0.2, -0.15) is 23.3 Å². The Bertz CT molecular complexity index is 1510. The van der Waals surface area contributed by atoms with E-state index in [0.29, 0.717) is 22.6 Å². The van der Waals surface area contributed by atoms with Crippen LogP contribution in [0.25, 0.3) is 39.9 Å². The topological polar surface area (TPSA) is 104 Å². The molecule has 0 unspecified atom stereocenters. The average molecular weight is 466 g/mol. The highest BCUT2D eigenvalue weighted by Gasteiger charge is 2.35. The monoisotopic (exact) mass is 466 g/mol. The summed E-state index contributed by atoms with van der Waals surface area (Å²) < 4.78 is 52.8. The van der Waals surface area contributed by atoms with E-state index >= 15 is 0 Å². The van der Waals surface area contributed by atoms with Crippen LogP contribution in [0.1, 0.15) is 11.3 Å². The number of anilines is 1. The number of alkyl halides is 3. The molecule has 34 heavy (non-hydrogen) atoms.